The predicted octanol–water partition coefficient (Wildman–Crippen LogP) is 4.32. The number of hydrogen-bond acceptors (Lipinski definition) is 6. The second kappa shape index (κ2) is 9.70. The molecule has 7 heteroatoms. The molecule has 184 valence electrons. The number of likely N-dealkylation sites (tertiary alicyclic amines) is 1. The molecule has 0 radical (unpaired) electrons. The number of aryl methyl sites for hydroxylation is 1. The van der Waals surface area contributed by atoms with E-state index in [4.69, 9.17) is 4.74 Å². The Hall–Kier alpha value is -2.77. The molecular formula is C28H36N6O. The molecule has 5 heterocycles. The molecule has 3 aromatic rings. The van der Waals surface area contributed by atoms with Crippen molar-refractivity contribution in [1.82, 2.24) is 24.9 Å². The summed E-state index contributed by atoms with van der Waals surface area (Å²) in [7, 11) is 0. The molecule has 1 atom stereocenters. The zero-order valence-electron chi connectivity index (χ0n) is 20.8. The Morgan fingerprint density at radius 3 is 2.71 bits per heavy atom. The maximum Gasteiger partial charge on any atom is 0.113 e. The number of ether oxygens (including phenoxy) is 1. The van der Waals surface area contributed by atoms with E-state index in [0.717, 1.165) is 44.9 Å². The van der Waals surface area contributed by atoms with Crippen LogP contribution in [-0.4, -0.2) is 63.8 Å². The number of nitrogens with zero attached hydrogens (tertiary/aromatic N) is 6. The van der Waals surface area contributed by atoms with E-state index in [9.17, 15) is 0 Å². The second-order valence-corrected chi connectivity index (χ2v) is 10.8. The van der Waals surface area contributed by atoms with Gasteiger partial charge in [-0.2, -0.15) is 0 Å². The fraction of sp³-hybridized carbons (Fsp3) is 0.536. The molecule has 3 fully saturated rings. The molecule has 7 nitrogen and oxygen atoms in total. The number of hydrogen-bond donors (Lipinski definition) is 0. The highest BCUT2D eigenvalue weighted by molar-refractivity contribution is 5.67. The van der Waals surface area contributed by atoms with Crippen molar-refractivity contribution >= 4 is 5.69 Å². The van der Waals surface area contributed by atoms with Crippen LogP contribution >= 0.6 is 0 Å². The maximum absolute atomic E-state index is 5.86. The minimum absolute atomic E-state index is 0.266. The molecule has 3 saturated heterocycles. The minimum atomic E-state index is 0.266. The van der Waals surface area contributed by atoms with Gasteiger partial charge >= 0.3 is 0 Å². The first-order valence-corrected chi connectivity index (χ1v) is 13.2. The molecule has 1 unspecified atom stereocenters. The number of pyridine rings is 1. The highest BCUT2D eigenvalue weighted by Crippen LogP contribution is 2.42. The lowest BCUT2D eigenvalue weighted by atomic mass is 9.72. The van der Waals surface area contributed by atoms with Crippen LogP contribution in [0.4, 0.5) is 5.69 Å². The first-order valence-electron chi connectivity index (χ1n) is 13.2. The van der Waals surface area contributed by atoms with E-state index < -0.39 is 0 Å². The lowest BCUT2D eigenvalue weighted by Gasteiger charge is -2.54. The summed E-state index contributed by atoms with van der Waals surface area (Å²) in [4.78, 5) is 9.59. The number of anilines is 1. The standard InChI is InChI=1S/C28H36N6O/c1-22-16-24(8-9-26(22)27-19-34(31-30-27)18-25-7-3-5-15-35-25)33-13-10-28(11-14-33)20-32(21-28)17-23-6-2-4-12-29-23/h2,4,6,8-9,12,16,19,25H,3,5,7,10-11,13-15,17-18,20-21H2,1H3. The van der Waals surface area contributed by atoms with Gasteiger partial charge in [0.15, 0.2) is 0 Å². The van der Waals surface area contributed by atoms with Gasteiger partial charge in [0.25, 0.3) is 0 Å². The molecule has 0 bridgehead atoms. The third kappa shape index (κ3) is 4.98. The van der Waals surface area contributed by atoms with Gasteiger partial charge in [-0.05, 0) is 74.3 Å². The van der Waals surface area contributed by atoms with Crippen LogP contribution < -0.4 is 4.90 Å². The highest BCUT2D eigenvalue weighted by atomic mass is 16.5. The van der Waals surface area contributed by atoms with Crippen LogP contribution in [0, 0.1) is 12.3 Å². The largest absolute Gasteiger partial charge is 0.376 e. The highest BCUT2D eigenvalue weighted by Gasteiger charge is 2.44. The zero-order valence-corrected chi connectivity index (χ0v) is 20.8. The van der Waals surface area contributed by atoms with Crippen molar-refractivity contribution in [1.29, 1.82) is 0 Å². The quantitative estimate of drug-likeness (QED) is 0.533. The molecule has 3 aliphatic rings. The van der Waals surface area contributed by atoms with Gasteiger partial charge in [0.05, 0.1) is 24.5 Å². The number of rotatable bonds is 6. The smallest absolute Gasteiger partial charge is 0.113 e. The summed E-state index contributed by atoms with van der Waals surface area (Å²) in [5.74, 6) is 0. The third-order valence-corrected chi connectivity index (χ3v) is 8.11. The number of piperidine rings is 1. The Morgan fingerprint density at radius 1 is 1.09 bits per heavy atom. The summed E-state index contributed by atoms with van der Waals surface area (Å²) in [5, 5.41) is 8.84. The molecular weight excluding hydrogens is 436 g/mol. The van der Waals surface area contributed by atoms with E-state index in [0.29, 0.717) is 5.41 Å². The Labute approximate surface area is 208 Å². The molecule has 1 spiro atoms. The fourth-order valence-corrected chi connectivity index (χ4v) is 6.09. The SMILES string of the molecule is Cc1cc(N2CCC3(CC2)CN(Cc2ccccn2)C3)ccc1-c1cn(CC2CCCCO2)nn1. The summed E-state index contributed by atoms with van der Waals surface area (Å²) < 4.78 is 7.81. The van der Waals surface area contributed by atoms with Crippen molar-refractivity contribution < 1.29 is 4.74 Å². The van der Waals surface area contributed by atoms with E-state index in [1.165, 1.54) is 61.3 Å². The van der Waals surface area contributed by atoms with E-state index >= 15 is 0 Å². The van der Waals surface area contributed by atoms with Gasteiger partial charge in [0, 0.05) is 56.8 Å². The monoisotopic (exact) mass is 472 g/mol. The van der Waals surface area contributed by atoms with Crippen molar-refractivity contribution in [3.05, 3.63) is 60.0 Å². The van der Waals surface area contributed by atoms with Crippen LogP contribution in [0.3, 0.4) is 0 Å². The lowest BCUT2D eigenvalue weighted by Crippen LogP contribution is -2.59. The Balaban J connectivity index is 1.04. The summed E-state index contributed by atoms with van der Waals surface area (Å²) >= 11 is 0. The van der Waals surface area contributed by atoms with Crippen molar-refractivity contribution in [2.75, 3.05) is 37.7 Å². The Morgan fingerprint density at radius 2 is 1.97 bits per heavy atom. The topological polar surface area (TPSA) is 59.3 Å². The van der Waals surface area contributed by atoms with E-state index in [-0.39, 0.29) is 6.10 Å². The van der Waals surface area contributed by atoms with Gasteiger partial charge in [-0.3, -0.25) is 9.88 Å². The van der Waals surface area contributed by atoms with Crippen molar-refractivity contribution in [2.45, 2.75) is 58.2 Å². The van der Waals surface area contributed by atoms with Crippen LogP contribution in [0.2, 0.25) is 0 Å². The van der Waals surface area contributed by atoms with E-state index in [1.54, 1.807) is 0 Å². The fourth-order valence-electron chi connectivity index (χ4n) is 6.09. The third-order valence-electron chi connectivity index (χ3n) is 8.11. The average molecular weight is 473 g/mol. The number of aromatic nitrogens is 4. The van der Waals surface area contributed by atoms with Gasteiger partial charge in [-0.25, -0.2) is 4.68 Å². The van der Waals surface area contributed by atoms with Crippen LogP contribution in [0.25, 0.3) is 11.3 Å². The normalized spacial score (nSPS) is 22.3. The number of benzene rings is 1. The zero-order chi connectivity index (χ0) is 23.7. The maximum atomic E-state index is 5.86. The second-order valence-electron chi connectivity index (χ2n) is 10.8. The first-order chi connectivity index (χ1) is 17.2. The van der Waals surface area contributed by atoms with Crippen LogP contribution in [0.1, 0.15) is 43.4 Å². The molecule has 35 heavy (non-hydrogen) atoms. The molecule has 0 aliphatic carbocycles. The molecule has 2 aromatic heterocycles. The van der Waals surface area contributed by atoms with Crippen LogP contribution in [-0.2, 0) is 17.8 Å². The molecule has 1 aromatic carbocycles. The lowest BCUT2D eigenvalue weighted by molar-refractivity contribution is -0.0247. The van der Waals surface area contributed by atoms with Gasteiger partial charge in [-0.15, -0.1) is 5.10 Å². The first kappa shape index (κ1) is 22.7. The minimum Gasteiger partial charge on any atom is -0.376 e. The van der Waals surface area contributed by atoms with Gasteiger partial charge < -0.3 is 9.64 Å². The average Bonchev–Trinajstić information content (AvgIpc) is 3.33. The Bertz CT molecular complexity index is 1120. The Kier molecular flexibility index (Phi) is 6.29. The summed E-state index contributed by atoms with van der Waals surface area (Å²) in [5.41, 5.74) is 6.38. The molecule has 6 rings (SSSR count). The van der Waals surface area contributed by atoms with Gasteiger partial charge in [0.2, 0.25) is 0 Å². The van der Waals surface area contributed by atoms with E-state index in [2.05, 4.69) is 68.5 Å². The van der Waals surface area contributed by atoms with Gasteiger partial charge in [0.1, 0.15) is 5.69 Å². The van der Waals surface area contributed by atoms with Crippen molar-refractivity contribution in [3.63, 3.8) is 0 Å². The summed E-state index contributed by atoms with van der Waals surface area (Å²) in [6.07, 6.45) is 10.3. The predicted molar refractivity (Wildman–Crippen MR) is 137 cm³/mol. The molecule has 0 N–H and O–H groups in total. The van der Waals surface area contributed by atoms with Crippen LogP contribution in [0.15, 0.2) is 48.8 Å². The van der Waals surface area contributed by atoms with Crippen molar-refractivity contribution in [3.8, 4) is 11.3 Å². The summed E-state index contributed by atoms with van der Waals surface area (Å²) in [6, 6.07) is 13.0. The van der Waals surface area contributed by atoms with Crippen LogP contribution in [0.5, 0.6) is 0 Å². The van der Waals surface area contributed by atoms with Gasteiger partial charge in [-0.1, -0.05) is 17.3 Å². The molecule has 0 saturated carbocycles. The van der Waals surface area contributed by atoms with E-state index in [1.807, 2.05) is 16.9 Å². The molecule has 3 aliphatic heterocycles. The summed E-state index contributed by atoms with van der Waals surface area (Å²) in [6.45, 7) is 9.50. The van der Waals surface area contributed by atoms with Crippen molar-refractivity contribution in [2.24, 2.45) is 5.41 Å². The molecule has 0 amide bonds.